The van der Waals surface area contributed by atoms with E-state index in [1.165, 1.54) is 29.4 Å². The van der Waals surface area contributed by atoms with Gasteiger partial charge in [0, 0.05) is 74.6 Å². The third-order valence-electron chi connectivity index (χ3n) is 9.25. The summed E-state index contributed by atoms with van der Waals surface area (Å²) in [6.45, 7) is 14.3. The monoisotopic (exact) mass is 798 g/mol. The Hall–Kier alpha value is -7.31. The fourth-order valence-electron chi connectivity index (χ4n) is 6.11. The van der Waals surface area contributed by atoms with Crippen molar-refractivity contribution in [1.82, 2.24) is 30.4 Å². The van der Waals surface area contributed by atoms with E-state index in [9.17, 15) is 23.9 Å². The van der Waals surface area contributed by atoms with Gasteiger partial charge in [-0.2, -0.15) is 15.6 Å². The Balaban J connectivity index is 0.000000311. The number of hydrogen-bond acceptors (Lipinski definition) is 10. The summed E-state index contributed by atoms with van der Waals surface area (Å²) in [5.41, 5.74) is 2.16. The van der Waals surface area contributed by atoms with E-state index in [2.05, 4.69) is 37.3 Å². The van der Waals surface area contributed by atoms with E-state index in [4.69, 9.17) is 10.5 Å². The van der Waals surface area contributed by atoms with Gasteiger partial charge < -0.3 is 25.1 Å². The van der Waals surface area contributed by atoms with Gasteiger partial charge in [0.1, 0.15) is 29.6 Å². The van der Waals surface area contributed by atoms with E-state index in [1.54, 1.807) is 49.4 Å². The molecule has 0 radical (unpaired) electrons. The number of pyridine rings is 2. The number of carbonyl (C=O) groups is 2. The van der Waals surface area contributed by atoms with Crippen LogP contribution in [0.2, 0.25) is 0 Å². The zero-order chi connectivity index (χ0) is 43.1. The number of rotatable bonds is 13. The van der Waals surface area contributed by atoms with Crippen LogP contribution in [0.3, 0.4) is 0 Å². The number of nitrogens with one attached hydrogen (secondary N) is 2. The standard InChI is InChI=1S/C29H25FN6O2.C15H22N4O2/c1-3-5-19-6-9-22-23(14-19)26(34-35-29(22)38)16-20-7-10-25(30)24(15-20)28(37)32-12-13-36(4-2)27-11-8-21(17-31)18-33-27;1-5-18(13-7-6-12(10-16)11-17-13)8-9-19(14(20)21)15(2,3)4/h6-11,14-15,18H,4,12-13,16H2,1-2H3,(H,32,37)(H,35,38);6-7,11H,5,8-9H2,1-4H3,(H,20,21). The van der Waals surface area contributed by atoms with Crippen LogP contribution in [-0.2, 0) is 6.42 Å². The van der Waals surface area contributed by atoms with Crippen molar-refractivity contribution in [2.45, 2.75) is 53.5 Å². The molecule has 3 heterocycles. The number of nitrogens with zero attached hydrogens (tertiary/aromatic N) is 8. The molecule has 14 nitrogen and oxygen atoms in total. The Morgan fingerprint density at radius 1 is 0.847 bits per heavy atom. The molecule has 15 heteroatoms. The number of fused-ring (bicyclic) bond motifs is 1. The van der Waals surface area contributed by atoms with Gasteiger partial charge in [-0.15, -0.1) is 5.92 Å². The molecule has 304 valence electrons. The van der Waals surface area contributed by atoms with Crippen LogP contribution in [0, 0.1) is 40.3 Å². The second-order valence-corrected chi connectivity index (χ2v) is 14.2. The molecule has 0 aliphatic rings. The van der Waals surface area contributed by atoms with Crippen molar-refractivity contribution in [2.24, 2.45) is 0 Å². The fraction of sp³-hybridized carbons (Fsp3) is 0.318. The van der Waals surface area contributed by atoms with E-state index in [1.807, 2.05) is 62.6 Å². The maximum Gasteiger partial charge on any atom is 0.407 e. The molecular weight excluding hydrogens is 752 g/mol. The average Bonchev–Trinajstić information content (AvgIpc) is 3.22. The molecule has 2 amide bonds. The van der Waals surface area contributed by atoms with Gasteiger partial charge in [-0.25, -0.2) is 24.3 Å². The molecule has 3 N–H and O–H groups in total. The van der Waals surface area contributed by atoms with Crippen molar-refractivity contribution in [3.8, 4) is 24.0 Å². The van der Waals surface area contributed by atoms with Gasteiger partial charge in [-0.05, 0) is 102 Å². The first-order valence-electron chi connectivity index (χ1n) is 19.0. The maximum atomic E-state index is 14.6. The van der Waals surface area contributed by atoms with Crippen molar-refractivity contribution < 1.29 is 19.1 Å². The molecule has 5 rings (SSSR count). The molecule has 0 spiro atoms. The Morgan fingerprint density at radius 2 is 1.46 bits per heavy atom. The predicted molar refractivity (Wildman–Crippen MR) is 225 cm³/mol. The summed E-state index contributed by atoms with van der Waals surface area (Å²) in [7, 11) is 0. The number of amides is 2. The van der Waals surface area contributed by atoms with E-state index in [0.717, 1.165) is 17.9 Å². The van der Waals surface area contributed by atoms with Crippen LogP contribution in [0.4, 0.5) is 20.8 Å². The highest BCUT2D eigenvalue weighted by Crippen LogP contribution is 2.21. The Morgan fingerprint density at radius 3 is 1.98 bits per heavy atom. The van der Waals surface area contributed by atoms with E-state index in [0.29, 0.717) is 65.2 Å². The zero-order valence-electron chi connectivity index (χ0n) is 34.0. The lowest BCUT2D eigenvalue weighted by Gasteiger charge is -2.35. The average molecular weight is 799 g/mol. The van der Waals surface area contributed by atoms with Crippen LogP contribution in [-0.4, -0.2) is 87.0 Å². The minimum Gasteiger partial charge on any atom is -0.465 e. The number of H-pyrrole nitrogens is 1. The predicted octanol–water partition coefficient (Wildman–Crippen LogP) is 6.11. The number of likely N-dealkylation sites (N-methyl/N-ethyl adjacent to an activating group) is 2. The molecule has 3 aromatic heterocycles. The lowest BCUT2D eigenvalue weighted by atomic mass is 10.0. The molecule has 0 atom stereocenters. The quantitative estimate of drug-likeness (QED) is 0.116. The molecule has 59 heavy (non-hydrogen) atoms. The molecular formula is C44H47FN10O4. The molecule has 0 saturated heterocycles. The molecule has 0 aliphatic heterocycles. The van der Waals surface area contributed by atoms with Crippen LogP contribution in [0.1, 0.15) is 79.8 Å². The van der Waals surface area contributed by atoms with Crippen LogP contribution in [0.15, 0.2) is 77.9 Å². The highest BCUT2D eigenvalue weighted by molar-refractivity contribution is 5.94. The number of benzene rings is 2. The van der Waals surface area contributed by atoms with Crippen LogP contribution < -0.4 is 20.7 Å². The number of anilines is 2. The largest absolute Gasteiger partial charge is 0.465 e. The summed E-state index contributed by atoms with van der Waals surface area (Å²) in [5.74, 6) is 6.08. The van der Waals surface area contributed by atoms with Gasteiger partial charge in [0.05, 0.1) is 27.8 Å². The summed E-state index contributed by atoms with van der Waals surface area (Å²) < 4.78 is 14.6. The molecule has 5 aromatic rings. The number of nitriles is 2. The maximum absolute atomic E-state index is 14.6. The second kappa shape index (κ2) is 20.7. The van der Waals surface area contributed by atoms with Crippen LogP contribution in [0.5, 0.6) is 0 Å². The topological polar surface area (TPSA) is 195 Å². The number of carbonyl (C=O) groups excluding carboxylic acids is 1. The summed E-state index contributed by atoms with van der Waals surface area (Å²) in [6.07, 6.45) is 2.38. The number of aromatic amines is 1. The lowest BCUT2D eigenvalue weighted by Crippen LogP contribution is -2.48. The fourth-order valence-corrected chi connectivity index (χ4v) is 6.11. The van der Waals surface area contributed by atoms with Gasteiger partial charge in [-0.1, -0.05) is 12.0 Å². The van der Waals surface area contributed by atoms with E-state index >= 15 is 0 Å². The van der Waals surface area contributed by atoms with Crippen LogP contribution in [0.25, 0.3) is 10.8 Å². The second-order valence-electron chi connectivity index (χ2n) is 14.2. The zero-order valence-corrected chi connectivity index (χ0v) is 34.0. The third-order valence-corrected chi connectivity index (χ3v) is 9.25. The summed E-state index contributed by atoms with van der Waals surface area (Å²) in [5, 5.41) is 37.6. The van der Waals surface area contributed by atoms with Crippen molar-refractivity contribution >= 4 is 34.4 Å². The van der Waals surface area contributed by atoms with Crippen molar-refractivity contribution in [3.63, 3.8) is 0 Å². The number of hydrogen-bond donors (Lipinski definition) is 3. The van der Waals surface area contributed by atoms with Crippen molar-refractivity contribution in [2.75, 3.05) is 49.1 Å². The first-order chi connectivity index (χ1) is 28.2. The molecule has 0 fully saturated rings. The summed E-state index contributed by atoms with van der Waals surface area (Å²) >= 11 is 0. The van der Waals surface area contributed by atoms with Gasteiger partial charge in [0.15, 0.2) is 0 Å². The van der Waals surface area contributed by atoms with Gasteiger partial charge in [-0.3, -0.25) is 9.59 Å². The number of aromatic nitrogens is 4. The molecule has 2 aromatic carbocycles. The summed E-state index contributed by atoms with van der Waals surface area (Å²) in [4.78, 5) is 50.3. The molecule has 0 saturated carbocycles. The minimum atomic E-state index is -0.925. The SMILES string of the molecule is CC#Cc1ccc2c(=O)[nH]nc(Cc3ccc(F)c(C(=O)NCCN(CC)c4ccc(C#N)cn4)c3)c2c1.CCN(CCN(C(=O)O)C(C)(C)C)c1ccc(C#N)cn1. The highest BCUT2D eigenvalue weighted by Gasteiger charge is 2.26. The molecule has 0 aliphatic carbocycles. The van der Waals surface area contributed by atoms with Gasteiger partial charge in [0.2, 0.25) is 0 Å². The third kappa shape index (κ3) is 12.1. The van der Waals surface area contributed by atoms with Crippen LogP contribution >= 0.6 is 0 Å². The lowest BCUT2D eigenvalue weighted by molar-refractivity contribution is 0.0949. The van der Waals surface area contributed by atoms with Gasteiger partial charge >= 0.3 is 6.09 Å². The van der Waals surface area contributed by atoms with E-state index in [-0.39, 0.29) is 24.1 Å². The highest BCUT2D eigenvalue weighted by atomic mass is 19.1. The smallest absolute Gasteiger partial charge is 0.407 e. The van der Waals surface area contributed by atoms with Crippen molar-refractivity contribution in [3.05, 3.63) is 123 Å². The Labute approximate surface area is 342 Å². The first kappa shape index (κ1) is 44.4. The minimum absolute atomic E-state index is 0.0756. The number of halogens is 1. The Kier molecular flexibility index (Phi) is 15.6. The molecule has 0 bridgehead atoms. The van der Waals surface area contributed by atoms with Crippen molar-refractivity contribution in [1.29, 1.82) is 10.5 Å². The van der Waals surface area contributed by atoms with E-state index < -0.39 is 23.4 Å². The normalized spacial score (nSPS) is 10.5. The Bertz CT molecular complexity index is 2460. The van der Waals surface area contributed by atoms with Gasteiger partial charge in [0.25, 0.3) is 11.5 Å². The number of carboxylic acid groups (broad SMARTS) is 1. The first-order valence-corrected chi connectivity index (χ1v) is 19.0. The summed E-state index contributed by atoms with van der Waals surface area (Å²) in [6, 6.07) is 20.6. The molecule has 0 unspecified atom stereocenters.